The maximum absolute atomic E-state index is 12.6. The van der Waals surface area contributed by atoms with E-state index in [9.17, 15) is 9.59 Å². The van der Waals surface area contributed by atoms with Crippen LogP contribution in [0.2, 0.25) is 0 Å². The molecule has 1 aliphatic rings. The Bertz CT molecular complexity index is 955. The zero-order valence-electron chi connectivity index (χ0n) is 13.8. The summed E-state index contributed by atoms with van der Waals surface area (Å²) in [5.74, 6) is -0.137. The van der Waals surface area contributed by atoms with Gasteiger partial charge in [-0.25, -0.2) is 14.3 Å². The Morgan fingerprint density at radius 2 is 1.88 bits per heavy atom. The summed E-state index contributed by atoms with van der Waals surface area (Å²) in [6.45, 7) is 0. The van der Waals surface area contributed by atoms with Gasteiger partial charge >= 0.3 is 0 Å². The fourth-order valence-corrected chi connectivity index (χ4v) is 3.32. The van der Waals surface area contributed by atoms with Crippen LogP contribution >= 0.6 is 0 Å². The van der Waals surface area contributed by atoms with Gasteiger partial charge in [-0.2, -0.15) is 5.10 Å². The number of aromatic nitrogens is 4. The maximum atomic E-state index is 12.6. The van der Waals surface area contributed by atoms with Crippen molar-refractivity contribution in [2.45, 2.75) is 32.1 Å². The van der Waals surface area contributed by atoms with E-state index >= 15 is 0 Å². The average Bonchev–Trinajstić information content (AvgIpc) is 3.10. The van der Waals surface area contributed by atoms with Crippen molar-refractivity contribution in [1.29, 1.82) is 0 Å². The van der Waals surface area contributed by atoms with E-state index in [2.05, 4.69) is 15.5 Å². The fraction of sp³-hybridized carbons (Fsp3) is 0.333. The molecule has 0 saturated heterocycles. The van der Waals surface area contributed by atoms with Crippen LogP contribution in [0.3, 0.4) is 0 Å². The molecule has 1 saturated carbocycles. The molecule has 2 aromatic heterocycles. The maximum Gasteiger partial charge on any atom is 0.283 e. The Labute approximate surface area is 144 Å². The molecule has 0 aliphatic heterocycles. The van der Waals surface area contributed by atoms with Crippen LogP contribution in [0.4, 0.5) is 0 Å². The van der Waals surface area contributed by atoms with Crippen LogP contribution in [0.5, 0.6) is 0 Å². The van der Waals surface area contributed by atoms with Gasteiger partial charge in [-0.3, -0.25) is 15.0 Å². The smallest absolute Gasteiger partial charge is 0.273 e. The summed E-state index contributed by atoms with van der Waals surface area (Å²) in [4.78, 5) is 29.3. The van der Waals surface area contributed by atoms with E-state index in [4.69, 9.17) is 0 Å². The van der Waals surface area contributed by atoms with Crippen LogP contribution in [-0.4, -0.2) is 25.3 Å². The molecule has 1 fully saturated rings. The quantitative estimate of drug-likeness (QED) is 0.794. The summed E-state index contributed by atoms with van der Waals surface area (Å²) in [6.07, 6.45) is 7.90. The van der Waals surface area contributed by atoms with Gasteiger partial charge in [-0.05, 0) is 25.0 Å². The number of carbonyl (C=O) groups is 1. The van der Waals surface area contributed by atoms with E-state index in [1.54, 1.807) is 4.68 Å². The summed E-state index contributed by atoms with van der Waals surface area (Å²) in [6, 6.07) is 9.49. The predicted octanol–water partition coefficient (Wildman–Crippen LogP) is 2.23. The first-order chi connectivity index (χ1) is 12.2. The Hall–Kier alpha value is -2.96. The van der Waals surface area contributed by atoms with E-state index in [-0.39, 0.29) is 17.4 Å². The normalized spacial score (nSPS) is 15.4. The van der Waals surface area contributed by atoms with Crippen molar-refractivity contribution < 1.29 is 4.79 Å². The van der Waals surface area contributed by atoms with Gasteiger partial charge in [-0.1, -0.05) is 37.5 Å². The molecule has 128 valence electrons. The van der Waals surface area contributed by atoms with Gasteiger partial charge in [0.1, 0.15) is 11.7 Å². The predicted molar refractivity (Wildman–Crippen MR) is 94.1 cm³/mol. The van der Waals surface area contributed by atoms with Crippen molar-refractivity contribution in [3.63, 3.8) is 0 Å². The number of benzene rings is 1. The zero-order valence-corrected chi connectivity index (χ0v) is 13.8. The Morgan fingerprint density at radius 1 is 1.12 bits per heavy atom. The van der Waals surface area contributed by atoms with Crippen molar-refractivity contribution in [1.82, 2.24) is 19.4 Å². The number of carbonyl (C=O) groups excluding carboxylic acids is 1. The molecule has 1 N–H and O–H groups in total. The summed E-state index contributed by atoms with van der Waals surface area (Å²) in [5, 5.41) is 4.64. The Balaban J connectivity index is 1.65. The lowest BCUT2D eigenvalue weighted by atomic mass is 9.89. The highest BCUT2D eigenvalue weighted by Gasteiger charge is 2.22. The Kier molecular flexibility index (Phi) is 4.05. The first-order valence-electron chi connectivity index (χ1n) is 8.56. The third-order valence-corrected chi connectivity index (χ3v) is 4.70. The highest BCUT2D eigenvalue weighted by molar-refractivity contribution is 5.86. The summed E-state index contributed by atoms with van der Waals surface area (Å²) >= 11 is 0. The lowest BCUT2D eigenvalue weighted by molar-refractivity contribution is -0.121. The largest absolute Gasteiger partial charge is 0.283 e. The molecule has 0 bridgehead atoms. The second-order valence-electron chi connectivity index (χ2n) is 6.36. The number of para-hydroxylation sites is 1. The van der Waals surface area contributed by atoms with Crippen molar-refractivity contribution in [2.24, 2.45) is 5.92 Å². The molecule has 1 aliphatic carbocycles. The van der Waals surface area contributed by atoms with Crippen LogP contribution in [0.15, 0.2) is 47.7 Å². The number of nitrogens with zero attached hydrogens (tertiary/aromatic N) is 4. The first kappa shape index (κ1) is 15.6. The summed E-state index contributed by atoms with van der Waals surface area (Å²) < 4.78 is 2.78. The second-order valence-corrected chi connectivity index (χ2v) is 6.36. The molecular weight excluding hydrogens is 318 g/mol. The standard InChI is InChI=1S/C18H19N5O2/c24-17(13-7-3-1-4-8-13)21-22-12-19-16-15(18(22)25)11-20-23(16)14-9-5-2-6-10-14/h2,5-6,9-13H,1,3-4,7-8H2,(H,21,24). The average molecular weight is 337 g/mol. The van der Waals surface area contributed by atoms with Crippen molar-refractivity contribution in [3.8, 4) is 5.69 Å². The number of rotatable bonds is 3. The van der Waals surface area contributed by atoms with Crippen LogP contribution in [0.25, 0.3) is 16.7 Å². The molecular formula is C18H19N5O2. The van der Waals surface area contributed by atoms with E-state index in [0.717, 1.165) is 36.0 Å². The van der Waals surface area contributed by atoms with E-state index in [1.165, 1.54) is 18.9 Å². The highest BCUT2D eigenvalue weighted by atomic mass is 16.2. The molecule has 1 aromatic carbocycles. The van der Waals surface area contributed by atoms with Gasteiger partial charge in [0.05, 0.1) is 11.9 Å². The molecule has 7 nitrogen and oxygen atoms in total. The lowest BCUT2D eigenvalue weighted by Crippen LogP contribution is -2.37. The molecule has 0 atom stereocenters. The Morgan fingerprint density at radius 3 is 2.64 bits per heavy atom. The first-order valence-corrected chi connectivity index (χ1v) is 8.56. The fourth-order valence-electron chi connectivity index (χ4n) is 3.32. The molecule has 3 aromatic rings. The third kappa shape index (κ3) is 2.93. The van der Waals surface area contributed by atoms with Gasteiger partial charge in [0.25, 0.3) is 5.56 Å². The molecule has 25 heavy (non-hydrogen) atoms. The monoisotopic (exact) mass is 337 g/mol. The summed E-state index contributed by atoms with van der Waals surface area (Å²) in [7, 11) is 0. The SMILES string of the molecule is O=C(Nn1cnc2c(cnn2-c2ccccc2)c1=O)C1CCCCC1. The van der Waals surface area contributed by atoms with Gasteiger partial charge < -0.3 is 0 Å². The van der Waals surface area contributed by atoms with Crippen LogP contribution < -0.4 is 11.0 Å². The number of fused-ring (bicyclic) bond motifs is 1. The van der Waals surface area contributed by atoms with Gasteiger partial charge in [0.15, 0.2) is 5.65 Å². The third-order valence-electron chi connectivity index (χ3n) is 4.70. The molecule has 1 amide bonds. The van der Waals surface area contributed by atoms with Crippen molar-refractivity contribution >= 4 is 16.9 Å². The van der Waals surface area contributed by atoms with Crippen LogP contribution in [-0.2, 0) is 4.79 Å². The minimum absolute atomic E-state index is 0.0246. The summed E-state index contributed by atoms with van der Waals surface area (Å²) in [5.41, 5.74) is 3.66. The van der Waals surface area contributed by atoms with E-state index in [1.807, 2.05) is 30.3 Å². The topological polar surface area (TPSA) is 81.8 Å². The minimum atomic E-state index is -0.323. The zero-order chi connectivity index (χ0) is 17.2. The molecule has 0 spiro atoms. The minimum Gasteiger partial charge on any atom is -0.273 e. The molecule has 4 rings (SSSR count). The molecule has 2 heterocycles. The lowest BCUT2D eigenvalue weighted by Gasteiger charge is -2.20. The van der Waals surface area contributed by atoms with Crippen molar-refractivity contribution in [2.75, 3.05) is 5.43 Å². The van der Waals surface area contributed by atoms with Crippen LogP contribution in [0, 0.1) is 5.92 Å². The second kappa shape index (κ2) is 6.51. The number of hydrogen-bond donors (Lipinski definition) is 1. The van der Waals surface area contributed by atoms with E-state index < -0.39 is 0 Å². The van der Waals surface area contributed by atoms with Crippen LogP contribution in [0.1, 0.15) is 32.1 Å². The van der Waals surface area contributed by atoms with Gasteiger partial charge in [0, 0.05) is 5.92 Å². The molecule has 0 radical (unpaired) electrons. The van der Waals surface area contributed by atoms with Gasteiger partial charge in [0.2, 0.25) is 5.91 Å². The number of nitrogens with one attached hydrogen (secondary N) is 1. The molecule has 7 heteroatoms. The van der Waals surface area contributed by atoms with Gasteiger partial charge in [-0.15, -0.1) is 0 Å². The highest BCUT2D eigenvalue weighted by Crippen LogP contribution is 2.23. The number of amides is 1. The number of hydrogen-bond acceptors (Lipinski definition) is 4. The van der Waals surface area contributed by atoms with E-state index in [0.29, 0.717) is 11.0 Å². The molecule has 0 unspecified atom stereocenters. The van der Waals surface area contributed by atoms with Crippen molar-refractivity contribution in [3.05, 3.63) is 53.2 Å².